The fourth-order valence-electron chi connectivity index (χ4n) is 1.51. The monoisotopic (exact) mass is 383 g/mol. The van der Waals surface area contributed by atoms with Crippen LogP contribution in [0, 0.1) is 3.57 Å². The Hall–Kier alpha value is -1.33. The molecule has 0 bridgehead atoms. The van der Waals surface area contributed by atoms with Gasteiger partial charge in [-0.25, -0.2) is 0 Å². The Morgan fingerprint density at radius 2 is 1.79 bits per heavy atom. The van der Waals surface area contributed by atoms with Gasteiger partial charge in [0.05, 0.1) is 5.69 Å². The normalized spacial score (nSPS) is 10.6. The molecule has 2 aromatic rings. The van der Waals surface area contributed by atoms with E-state index in [1.807, 2.05) is 42.5 Å². The molecule has 1 amide bonds. The number of rotatable bonds is 3. The smallest absolute Gasteiger partial charge is 0.248 e. The van der Waals surface area contributed by atoms with Gasteiger partial charge in [-0.3, -0.25) is 4.79 Å². The highest BCUT2D eigenvalue weighted by Crippen LogP contribution is 2.18. The summed E-state index contributed by atoms with van der Waals surface area (Å²) in [6.07, 6.45) is 3.18. The van der Waals surface area contributed by atoms with E-state index in [4.69, 9.17) is 11.6 Å². The zero-order valence-corrected chi connectivity index (χ0v) is 12.9. The van der Waals surface area contributed by atoms with Crippen LogP contribution in [0.15, 0.2) is 54.6 Å². The molecule has 0 heterocycles. The van der Waals surface area contributed by atoms with Gasteiger partial charge in [-0.2, -0.15) is 0 Å². The molecule has 0 aromatic heterocycles. The van der Waals surface area contributed by atoms with Crippen molar-refractivity contribution in [1.82, 2.24) is 0 Å². The number of hydrogen-bond acceptors (Lipinski definition) is 1. The number of carbonyl (C=O) groups is 1. The van der Waals surface area contributed by atoms with Crippen LogP contribution in [0.4, 0.5) is 5.69 Å². The van der Waals surface area contributed by atoms with Crippen LogP contribution < -0.4 is 5.32 Å². The minimum Gasteiger partial charge on any atom is -0.322 e. The summed E-state index contributed by atoms with van der Waals surface area (Å²) in [5.74, 6) is -0.177. The molecule has 0 atom stereocenters. The van der Waals surface area contributed by atoms with Gasteiger partial charge < -0.3 is 5.32 Å². The van der Waals surface area contributed by atoms with Crippen molar-refractivity contribution in [1.29, 1.82) is 0 Å². The molecule has 0 unspecified atom stereocenters. The van der Waals surface area contributed by atoms with Crippen LogP contribution >= 0.6 is 34.2 Å². The van der Waals surface area contributed by atoms with Gasteiger partial charge in [-0.1, -0.05) is 41.9 Å². The summed E-state index contributed by atoms with van der Waals surface area (Å²) in [6.45, 7) is 0. The Morgan fingerprint density at radius 3 is 2.53 bits per heavy atom. The SMILES string of the molecule is O=C(C=Cc1ccccc1Cl)Nc1ccccc1I. The van der Waals surface area contributed by atoms with E-state index < -0.39 is 0 Å². The van der Waals surface area contributed by atoms with E-state index in [2.05, 4.69) is 27.9 Å². The Balaban J connectivity index is 2.06. The highest BCUT2D eigenvalue weighted by atomic mass is 127. The minimum atomic E-state index is -0.177. The van der Waals surface area contributed by atoms with Gasteiger partial charge in [-0.05, 0) is 52.4 Å². The second-order valence-corrected chi connectivity index (χ2v) is 5.39. The van der Waals surface area contributed by atoms with Crippen LogP contribution in [0.2, 0.25) is 5.02 Å². The van der Waals surface area contributed by atoms with Crippen LogP contribution in [0.5, 0.6) is 0 Å². The van der Waals surface area contributed by atoms with E-state index in [0.29, 0.717) is 5.02 Å². The number of para-hydroxylation sites is 1. The molecule has 0 aliphatic heterocycles. The second kappa shape index (κ2) is 6.73. The predicted octanol–water partition coefficient (Wildman–Crippen LogP) is 4.60. The number of hydrogen-bond donors (Lipinski definition) is 1. The first-order valence-electron chi connectivity index (χ1n) is 5.65. The summed E-state index contributed by atoms with van der Waals surface area (Å²) < 4.78 is 1.000. The number of nitrogens with one attached hydrogen (secondary N) is 1. The topological polar surface area (TPSA) is 29.1 Å². The Labute approximate surface area is 130 Å². The Kier molecular flexibility index (Phi) is 4.99. The molecule has 0 spiro atoms. The molecule has 2 nitrogen and oxygen atoms in total. The van der Waals surface area contributed by atoms with E-state index >= 15 is 0 Å². The molecule has 0 radical (unpaired) electrons. The maximum atomic E-state index is 11.8. The third kappa shape index (κ3) is 4.08. The van der Waals surface area contributed by atoms with Crippen LogP contribution in [0.25, 0.3) is 6.08 Å². The molecule has 0 aliphatic carbocycles. The lowest BCUT2D eigenvalue weighted by atomic mass is 10.2. The van der Waals surface area contributed by atoms with Crippen molar-refractivity contribution in [3.63, 3.8) is 0 Å². The van der Waals surface area contributed by atoms with Crippen molar-refractivity contribution >= 4 is 51.9 Å². The molecule has 0 saturated carbocycles. The van der Waals surface area contributed by atoms with Crippen LogP contribution in [-0.2, 0) is 4.79 Å². The first-order valence-corrected chi connectivity index (χ1v) is 7.10. The van der Waals surface area contributed by atoms with Gasteiger partial charge in [0.25, 0.3) is 0 Å². The molecular weight excluding hydrogens is 373 g/mol. The summed E-state index contributed by atoms with van der Waals surface area (Å²) in [5.41, 5.74) is 1.62. The fraction of sp³-hybridized carbons (Fsp3) is 0. The average Bonchev–Trinajstić information content (AvgIpc) is 2.40. The van der Waals surface area contributed by atoms with E-state index in [-0.39, 0.29) is 5.91 Å². The number of amides is 1. The molecule has 4 heteroatoms. The van der Waals surface area contributed by atoms with E-state index in [1.54, 1.807) is 12.1 Å². The standard InChI is InChI=1S/C15H11ClINO/c16-12-6-2-1-5-11(12)9-10-15(19)18-14-8-4-3-7-13(14)17/h1-10H,(H,18,19). The van der Waals surface area contributed by atoms with Crippen LogP contribution in [0.3, 0.4) is 0 Å². The first-order chi connectivity index (χ1) is 9.16. The second-order valence-electron chi connectivity index (χ2n) is 3.82. The van der Waals surface area contributed by atoms with E-state index in [9.17, 15) is 4.79 Å². The number of halogens is 2. The zero-order valence-electron chi connectivity index (χ0n) is 9.94. The maximum absolute atomic E-state index is 11.8. The quantitative estimate of drug-likeness (QED) is 0.609. The maximum Gasteiger partial charge on any atom is 0.248 e. The van der Waals surface area contributed by atoms with Gasteiger partial charge in [0, 0.05) is 14.7 Å². The van der Waals surface area contributed by atoms with Crippen molar-refractivity contribution in [2.45, 2.75) is 0 Å². The fourth-order valence-corrected chi connectivity index (χ4v) is 2.23. The third-order valence-corrected chi connectivity index (χ3v) is 3.74. The molecule has 0 aliphatic rings. The molecule has 0 saturated heterocycles. The largest absolute Gasteiger partial charge is 0.322 e. The molecule has 2 aromatic carbocycles. The summed E-state index contributed by atoms with van der Waals surface area (Å²) in [7, 11) is 0. The Bertz CT molecular complexity index is 625. The molecular formula is C15H11ClINO. The Morgan fingerprint density at radius 1 is 1.11 bits per heavy atom. The van der Waals surface area contributed by atoms with Crippen LogP contribution in [-0.4, -0.2) is 5.91 Å². The zero-order chi connectivity index (χ0) is 13.7. The summed E-state index contributed by atoms with van der Waals surface area (Å²) in [4.78, 5) is 11.8. The van der Waals surface area contributed by atoms with E-state index in [1.165, 1.54) is 6.08 Å². The lowest BCUT2D eigenvalue weighted by molar-refractivity contribution is -0.111. The highest BCUT2D eigenvalue weighted by molar-refractivity contribution is 14.1. The number of benzene rings is 2. The van der Waals surface area contributed by atoms with Crippen molar-refractivity contribution in [2.24, 2.45) is 0 Å². The van der Waals surface area contributed by atoms with Gasteiger partial charge >= 0.3 is 0 Å². The summed E-state index contributed by atoms with van der Waals surface area (Å²) >= 11 is 8.19. The summed E-state index contributed by atoms with van der Waals surface area (Å²) in [6, 6.07) is 15.0. The molecule has 0 fully saturated rings. The van der Waals surface area contributed by atoms with Gasteiger partial charge in [0.1, 0.15) is 0 Å². The predicted molar refractivity (Wildman–Crippen MR) is 88.3 cm³/mol. The molecule has 2 rings (SSSR count). The van der Waals surface area contributed by atoms with Gasteiger partial charge in [0.2, 0.25) is 5.91 Å². The van der Waals surface area contributed by atoms with Gasteiger partial charge in [0.15, 0.2) is 0 Å². The third-order valence-electron chi connectivity index (χ3n) is 2.45. The van der Waals surface area contributed by atoms with Crippen LogP contribution in [0.1, 0.15) is 5.56 Å². The lowest BCUT2D eigenvalue weighted by Crippen LogP contribution is -2.08. The lowest BCUT2D eigenvalue weighted by Gasteiger charge is -2.04. The highest BCUT2D eigenvalue weighted by Gasteiger charge is 2.01. The number of carbonyl (C=O) groups excluding carboxylic acids is 1. The molecule has 19 heavy (non-hydrogen) atoms. The molecule has 96 valence electrons. The minimum absolute atomic E-state index is 0.177. The van der Waals surface area contributed by atoms with Gasteiger partial charge in [-0.15, -0.1) is 0 Å². The molecule has 1 N–H and O–H groups in total. The van der Waals surface area contributed by atoms with Crippen molar-refractivity contribution < 1.29 is 4.79 Å². The summed E-state index contributed by atoms with van der Waals surface area (Å²) in [5, 5.41) is 3.45. The van der Waals surface area contributed by atoms with E-state index in [0.717, 1.165) is 14.8 Å². The number of anilines is 1. The first kappa shape index (κ1) is 14.1. The average molecular weight is 384 g/mol. The van der Waals surface area contributed by atoms with Crippen molar-refractivity contribution in [2.75, 3.05) is 5.32 Å². The van der Waals surface area contributed by atoms with Crippen molar-refractivity contribution in [3.8, 4) is 0 Å². The van der Waals surface area contributed by atoms with Crippen molar-refractivity contribution in [3.05, 3.63) is 68.8 Å².